The lowest BCUT2D eigenvalue weighted by molar-refractivity contribution is -0.116. The minimum atomic E-state index is -0.636. The van der Waals surface area contributed by atoms with E-state index < -0.39 is 17.1 Å². The molecule has 6 aromatic rings. The minimum Gasteiger partial charge on any atom is -0.321 e. The maximum absolute atomic E-state index is 13.8. The number of hydrogen-bond acceptors (Lipinski definition) is 6. The Hall–Kier alpha value is -4.71. The van der Waals surface area contributed by atoms with Gasteiger partial charge in [-0.2, -0.15) is 0 Å². The Bertz CT molecular complexity index is 2220. The van der Waals surface area contributed by atoms with E-state index in [0.29, 0.717) is 27.0 Å². The molecule has 1 atom stereocenters. The molecule has 0 aliphatic rings. The van der Waals surface area contributed by atoms with E-state index in [0.717, 1.165) is 26.2 Å². The first-order valence-corrected chi connectivity index (χ1v) is 18.7. The number of carbonyl (C=O) groups is 3. The summed E-state index contributed by atoms with van der Waals surface area (Å²) < 4.78 is 0.968. The summed E-state index contributed by atoms with van der Waals surface area (Å²) in [7, 11) is 0. The molecule has 1 aromatic heterocycles. The lowest BCUT2D eigenvalue weighted by atomic mass is 10.1. The Morgan fingerprint density at radius 3 is 2.25 bits per heavy atom. The average molecular weight is 815 g/mol. The number of nitrogens with zero attached hydrogens (tertiary/aromatic N) is 1. The van der Waals surface area contributed by atoms with Crippen molar-refractivity contribution in [2.75, 3.05) is 10.6 Å². The molecule has 3 amide bonds. The van der Waals surface area contributed by atoms with Crippen molar-refractivity contribution in [1.82, 2.24) is 10.3 Å². The molecule has 0 spiro atoms. The monoisotopic (exact) mass is 812 g/mol. The number of hydrogen-bond donors (Lipinski definition) is 3. The topological polar surface area (TPSA) is 100 Å². The van der Waals surface area contributed by atoms with Gasteiger partial charge in [0, 0.05) is 31.6 Å². The van der Waals surface area contributed by atoms with Crippen LogP contribution >= 0.6 is 62.2 Å². The highest BCUT2D eigenvalue weighted by atomic mass is 79.9. The van der Waals surface area contributed by atoms with Crippen LogP contribution in [0.3, 0.4) is 0 Å². The van der Waals surface area contributed by atoms with Crippen LogP contribution in [0.4, 0.5) is 10.8 Å². The number of rotatable bonds is 11. The summed E-state index contributed by atoms with van der Waals surface area (Å²) in [5.74, 6) is -1.30. The lowest BCUT2D eigenvalue weighted by Gasteiger charge is -2.17. The zero-order valence-electron chi connectivity index (χ0n) is 26.5. The van der Waals surface area contributed by atoms with E-state index in [-0.39, 0.29) is 16.6 Å². The molecule has 0 aliphatic carbocycles. The van der Waals surface area contributed by atoms with Gasteiger partial charge in [-0.1, -0.05) is 118 Å². The summed E-state index contributed by atoms with van der Waals surface area (Å²) >= 11 is 18.8. The molecule has 0 saturated heterocycles. The van der Waals surface area contributed by atoms with E-state index in [1.165, 1.54) is 29.2 Å². The van der Waals surface area contributed by atoms with Crippen LogP contribution in [0, 0.1) is 0 Å². The number of anilines is 2. The molecule has 0 aliphatic heterocycles. The molecule has 5 aromatic carbocycles. The number of amides is 3. The van der Waals surface area contributed by atoms with Crippen LogP contribution in [-0.2, 0) is 9.59 Å². The largest absolute Gasteiger partial charge is 0.321 e. The maximum atomic E-state index is 13.8. The number of nitrogens with one attached hydrogen (secondary N) is 3. The number of thiazole rings is 1. The normalized spacial score (nSPS) is 11.8. The SMILES string of the molecule is O=C(Nc1cccc(SC(C(=O)Nc2nc(-c3ccc(Br)cc3)cs2)c2ccccc2)c1)/C(=C\c1cccc(Cl)c1Cl)NC(=O)c1ccccc1. The third-order valence-corrected chi connectivity index (χ3v) is 10.7. The zero-order valence-corrected chi connectivity index (χ0v) is 31.2. The zero-order chi connectivity index (χ0) is 35.7. The Balaban J connectivity index is 1.22. The van der Waals surface area contributed by atoms with Crippen molar-refractivity contribution in [3.63, 3.8) is 0 Å². The minimum absolute atomic E-state index is 0.0430. The van der Waals surface area contributed by atoms with E-state index in [1.54, 1.807) is 66.7 Å². The molecule has 12 heteroatoms. The van der Waals surface area contributed by atoms with Gasteiger partial charge in [0.25, 0.3) is 11.8 Å². The standard InChI is InChI=1S/C39H27BrCl2N4O3S2/c40-28-19-17-24(18-20-28)33-23-50-39(45-33)46-38(49)35(25-9-3-1-4-10-25)51-30-15-8-14-29(22-30)43-37(48)32(21-27-13-7-16-31(41)34(27)42)44-36(47)26-11-5-2-6-12-26/h1-23,35H,(H,43,48)(H,44,47)(H,45,46,49)/b32-21+. The summed E-state index contributed by atoms with van der Waals surface area (Å²) in [5, 5.41) is 10.9. The van der Waals surface area contributed by atoms with E-state index in [4.69, 9.17) is 23.2 Å². The summed E-state index contributed by atoms with van der Waals surface area (Å²) in [6, 6.07) is 38.0. The number of aromatic nitrogens is 1. The van der Waals surface area contributed by atoms with Gasteiger partial charge in [-0.15, -0.1) is 23.1 Å². The number of halogens is 3. The van der Waals surface area contributed by atoms with Crippen molar-refractivity contribution >= 4 is 96.8 Å². The van der Waals surface area contributed by atoms with Gasteiger partial charge >= 0.3 is 0 Å². The van der Waals surface area contributed by atoms with Gasteiger partial charge < -0.3 is 16.0 Å². The molecule has 1 unspecified atom stereocenters. The van der Waals surface area contributed by atoms with Gasteiger partial charge in [0.2, 0.25) is 5.91 Å². The lowest BCUT2D eigenvalue weighted by Crippen LogP contribution is -2.30. The number of thioether (sulfide) groups is 1. The summed E-state index contributed by atoms with van der Waals surface area (Å²) in [5.41, 5.74) is 3.74. The fraction of sp³-hybridized carbons (Fsp3) is 0.0256. The van der Waals surface area contributed by atoms with Gasteiger partial charge in [-0.25, -0.2) is 4.98 Å². The van der Waals surface area contributed by atoms with Crippen LogP contribution in [0.25, 0.3) is 17.3 Å². The third kappa shape index (κ3) is 9.55. The van der Waals surface area contributed by atoms with Crippen molar-refractivity contribution in [3.8, 4) is 11.3 Å². The fourth-order valence-electron chi connectivity index (χ4n) is 4.87. The molecular weight excluding hydrogens is 787 g/mol. The van der Waals surface area contributed by atoms with Gasteiger partial charge in [-0.3, -0.25) is 14.4 Å². The number of benzene rings is 5. The summed E-state index contributed by atoms with van der Waals surface area (Å²) in [4.78, 5) is 46.0. The molecule has 51 heavy (non-hydrogen) atoms. The van der Waals surface area contributed by atoms with Gasteiger partial charge in [0.15, 0.2) is 5.13 Å². The second kappa shape index (κ2) is 17.0. The Kier molecular flexibility index (Phi) is 12.0. The molecule has 7 nitrogen and oxygen atoms in total. The molecular formula is C39H27BrCl2N4O3S2. The number of carbonyl (C=O) groups excluding carboxylic acids is 3. The predicted molar refractivity (Wildman–Crippen MR) is 212 cm³/mol. The van der Waals surface area contributed by atoms with E-state index >= 15 is 0 Å². The van der Waals surface area contributed by atoms with Crippen LogP contribution in [0.2, 0.25) is 10.0 Å². The van der Waals surface area contributed by atoms with E-state index in [2.05, 4.69) is 36.9 Å². The first-order valence-electron chi connectivity index (χ1n) is 15.4. The highest BCUT2D eigenvalue weighted by Gasteiger charge is 2.24. The molecule has 6 rings (SSSR count). The van der Waals surface area contributed by atoms with E-state index in [9.17, 15) is 14.4 Å². The van der Waals surface area contributed by atoms with Gasteiger partial charge in [-0.05, 0) is 65.7 Å². The van der Waals surface area contributed by atoms with Crippen LogP contribution in [0.1, 0.15) is 26.7 Å². The van der Waals surface area contributed by atoms with Crippen molar-refractivity contribution in [2.24, 2.45) is 0 Å². The molecule has 0 radical (unpaired) electrons. The highest BCUT2D eigenvalue weighted by Crippen LogP contribution is 2.38. The quantitative estimate of drug-likeness (QED) is 0.0893. The van der Waals surface area contributed by atoms with Gasteiger partial charge in [0.05, 0.1) is 15.7 Å². The second-order valence-electron chi connectivity index (χ2n) is 10.9. The third-order valence-electron chi connectivity index (χ3n) is 7.37. The second-order valence-corrected chi connectivity index (χ2v) is 14.7. The Morgan fingerprint density at radius 1 is 0.804 bits per heavy atom. The first-order chi connectivity index (χ1) is 24.7. The van der Waals surface area contributed by atoms with Crippen molar-refractivity contribution in [2.45, 2.75) is 10.1 Å². The molecule has 254 valence electrons. The van der Waals surface area contributed by atoms with E-state index in [1.807, 2.05) is 66.0 Å². The van der Waals surface area contributed by atoms with Crippen LogP contribution in [0.15, 0.2) is 148 Å². The highest BCUT2D eigenvalue weighted by molar-refractivity contribution is 9.10. The Labute approximate surface area is 321 Å². The van der Waals surface area contributed by atoms with Crippen LogP contribution < -0.4 is 16.0 Å². The first kappa shape index (κ1) is 36.1. The van der Waals surface area contributed by atoms with Crippen LogP contribution in [0.5, 0.6) is 0 Å². The molecule has 1 heterocycles. The van der Waals surface area contributed by atoms with Crippen LogP contribution in [-0.4, -0.2) is 22.7 Å². The molecule has 0 bridgehead atoms. The summed E-state index contributed by atoms with van der Waals surface area (Å²) in [6.45, 7) is 0. The predicted octanol–water partition coefficient (Wildman–Crippen LogP) is 10.8. The van der Waals surface area contributed by atoms with Gasteiger partial charge in [0.1, 0.15) is 10.9 Å². The van der Waals surface area contributed by atoms with Crippen molar-refractivity contribution in [1.29, 1.82) is 0 Å². The molecule has 0 saturated carbocycles. The summed E-state index contributed by atoms with van der Waals surface area (Å²) in [6.07, 6.45) is 1.47. The Morgan fingerprint density at radius 2 is 1.51 bits per heavy atom. The average Bonchev–Trinajstić information content (AvgIpc) is 3.61. The maximum Gasteiger partial charge on any atom is 0.272 e. The smallest absolute Gasteiger partial charge is 0.272 e. The van der Waals surface area contributed by atoms with Crippen molar-refractivity contribution < 1.29 is 14.4 Å². The molecule has 0 fully saturated rings. The fourth-order valence-corrected chi connectivity index (χ4v) is 7.30. The molecule has 3 N–H and O–H groups in total. The van der Waals surface area contributed by atoms with Crippen molar-refractivity contribution in [3.05, 3.63) is 170 Å².